The van der Waals surface area contributed by atoms with Crippen molar-refractivity contribution in [1.29, 1.82) is 0 Å². The summed E-state index contributed by atoms with van der Waals surface area (Å²) in [6, 6.07) is 11.7. The van der Waals surface area contributed by atoms with E-state index in [0.29, 0.717) is 13.1 Å². The molecule has 1 aliphatic rings. The molecule has 0 atom stereocenters. The summed E-state index contributed by atoms with van der Waals surface area (Å²) >= 11 is 0. The van der Waals surface area contributed by atoms with Gasteiger partial charge in [-0.1, -0.05) is 23.8 Å². The summed E-state index contributed by atoms with van der Waals surface area (Å²) in [6.07, 6.45) is 1.45. The molecule has 138 valence electrons. The molecule has 3 rings (SSSR count). The van der Waals surface area contributed by atoms with E-state index in [1.54, 1.807) is 7.11 Å². The van der Waals surface area contributed by atoms with E-state index < -0.39 is 0 Å². The molecule has 2 aromatic carbocycles. The van der Waals surface area contributed by atoms with Crippen LogP contribution >= 0.6 is 0 Å². The van der Waals surface area contributed by atoms with Crippen molar-refractivity contribution in [2.45, 2.75) is 19.8 Å². The Hall–Kier alpha value is -2.89. The summed E-state index contributed by atoms with van der Waals surface area (Å²) in [6.45, 7) is 3.42. The molecule has 0 fully saturated rings. The number of carbonyl (C=O) groups excluding carboxylic acids is 1. The lowest BCUT2D eigenvalue weighted by molar-refractivity contribution is 0.174. The minimum atomic E-state index is -0.169. The zero-order chi connectivity index (χ0) is 18.4. The Morgan fingerprint density at radius 1 is 1.04 bits per heavy atom. The van der Waals surface area contributed by atoms with E-state index in [0.717, 1.165) is 41.2 Å². The number of ether oxygens (including phenoxy) is 3. The fraction of sp³-hybridized carbons (Fsp3) is 0.350. The maximum atomic E-state index is 11.9. The first-order valence-electron chi connectivity index (χ1n) is 8.69. The van der Waals surface area contributed by atoms with Crippen LogP contribution in [0.4, 0.5) is 4.79 Å². The number of amides is 2. The third kappa shape index (κ3) is 4.59. The number of urea groups is 1. The predicted octanol–water partition coefficient (Wildman–Crippen LogP) is 2.82. The summed E-state index contributed by atoms with van der Waals surface area (Å²) in [4.78, 5) is 11.9. The number of nitrogens with one attached hydrogen (secondary N) is 2. The lowest BCUT2D eigenvalue weighted by atomic mass is 10.1. The van der Waals surface area contributed by atoms with Crippen LogP contribution in [-0.2, 0) is 12.8 Å². The van der Waals surface area contributed by atoms with Gasteiger partial charge < -0.3 is 24.8 Å². The van der Waals surface area contributed by atoms with Gasteiger partial charge in [0, 0.05) is 13.1 Å². The Labute approximate surface area is 153 Å². The van der Waals surface area contributed by atoms with Gasteiger partial charge in [0.25, 0.3) is 0 Å². The second kappa shape index (κ2) is 8.47. The van der Waals surface area contributed by atoms with E-state index in [1.807, 2.05) is 37.3 Å². The van der Waals surface area contributed by atoms with E-state index in [4.69, 9.17) is 14.2 Å². The summed E-state index contributed by atoms with van der Waals surface area (Å²) in [5.41, 5.74) is 3.36. The Morgan fingerprint density at radius 3 is 2.62 bits per heavy atom. The number of hydrogen-bond donors (Lipinski definition) is 2. The molecule has 0 bridgehead atoms. The first-order valence-corrected chi connectivity index (χ1v) is 8.69. The van der Waals surface area contributed by atoms with Crippen molar-refractivity contribution >= 4 is 6.03 Å². The van der Waals surface area contributed by atoms with Crippen molar-refractivity contribution in [3.8, 4) is 17.2 Å². The molecule has 0 aromatic heterocycles. The van der Waals surface area contributed by atoms with Crippen LogP contribution < -0.4 is 24.8 Å². The highest BCUT2D eigenvalue weighted by Crippen LogP contribution is 2.32. The predicted molar refractivity (Wildman–Crippen MR) is 99.1 cm³/mol. The van der Waals surface area contributed by atoms with Crippen molar-refractivity contribution in [2.24, 2.45) is 0 Å². The first-order chi connectivity index (χ1) is 12.7. The Balaban J connectivity index is 1.39. The Kier molecular flexibility index (Phi) is 5.84. The third-order valence-electron chi connectivity index (χ3n) is 4.25. The molecule has 6 heteroatoms. The highest BCUT2D eigenvalue weighted by atomic mass is 16.7. The fourth-order valence-electron chi connectivity index (χ4n) is 2.89. The van der Waals surface area contributed by atoms with Crippen LogP contribution in [0.1, 0.15) is 16.7 Å². The van der Waals surface area contributed by atoms with Gasteiger partial charge in [-0.15, -0.1) is 0 Å². The van der Waals surface area contributed by atoms with E-state index in [9.17, 15) is 4.79 Å². The third-order valence-corrected chi connectivity index (χ3v) is 4.25. The van der Waals surface area contributed by atoms with Gasteiger partial charge in [0.1, 0.15) is 5.75 Å². The quantitative estimate of drug-likeness (QED) is 0.800. The molecular weight excluding hydrogens is 332 g/mol. The molecular formula is C20H24N2O4. The zero-order valence-corrected chi connectivity index (χ0v) is 15.1. The number of aryl methyl sites for hydroxylation is 1. The van der Waals surface area contributed by atoms with Gasteiger partial charge in [-0.05, 0) is 49.1 Å². The fourth-order valence-corrected chi connectivity index (χ4v) is 2.89. The SMILES string of the molecule is COc1ccc(C)cc1CCNC(=O)NCCc1ccc2c(c1)OCO2. The van der Waals surface area contributed by atoms with Gasteiger partial charge in [-0.2, -0.15) is 0 Å². The van der Waals surface area contributed by atoms with E-state index >= 15 is 0 Å². The number of methoxy groups -OCH3 is 1. The van der Waals surface area contributed by atoms with Gasteiger partial charge >= 0.3 is 6.03 Å². The molecule has 2 N–H and O–H groups in total. The normalized spacial score (nSPS) is 11.9. The summed E-state index contributed by atoms with van der Waals surface area (Å²) in [5.74, 6) is 2.38. The van der Waals surface area contributed by atoms with Crippen LogP contribution in [0.5, 0.6) is 17.2 Å². The van der Waals surface area contributed by atoms with Crippen LogP contribution in [-0.4, -0.2) is 33.0 Å². The minimum absolute atomic E-state index is 0.169. The van der Waals surface area contributed by atoms with Gasteiger partial charge in [0.2, 0.25) is 6.79 Å². The second-order valence-electron chi connectivity index (χ2n) is 6.19. The van der Waals surface area contributed by atoms with Gasteiger partial charge in [0.15, 0.2) is 11.5 Å². The molecule has 6 nitrogen and oxygen atoms in total. The van der Waals surface area contributed by atoms with Crippen molar-refractivity contribution in [3.05, 3.63) is 53.1 Å². The molecule has 0 radical (unpaired) electrons. The van der Waals surface area contributed by atoms with Crippen LogP contribution in [0.2, 0.25) is 0 Å². The summed E-state index contributed by atoms with van der Waals surface area (Å²) in [5, 5.41) is 5.75. The largest absolute Gasteiger partial charge is 0.496 e. The van der Waals surface area contributed by atoms with Crippen molar-refractivity contribution in [1.82, 2.24) is 10.6 Å². The Morgan fingerprint density at radius 2 is 1.81 bits per heavy atom. The smallest absolute Gasteiger partial charge is 0.314 e. The van der Waals surface area contributed by atoms with Crippen LogP contribution in [0.3, 0.4) is 0 Å². The zero-order valence-electron chi connectivity index (χ0n) is 15.1. The van der Waals surface area contributed by atoms with Gasteiger partial charge in [-0.3, -0.25) is 0 Å². The molecule has 2 amide bonds. The molecule has 0 saturated heterocycles. The van der Waals surface area contributed by atoms with Crippen molar-refractivity contribution in [3.63, 3.8) is 0 Å². The number of fused-ring (bicyclic) bond motifs is 1. The van der Waals surface area contributed by atoms with Crippen molar-refractivity contribution in [2.75, 3.05) is 27.0 Å². The molecule has 1 heterocycles. The first kappa shape index (κ1) is 17.9. The molecule has 26 heavy (non-hydrogen) atoms. The number of hydrogen-bond acceptors (Lipinski definition) is 4. The van der Waals surface area contributed by atoms with Crippen LogP contribution in [0, 0.1) is 6.92 Å². The molecule has 0 spiro atoms. The van der Waals surface area contributed by atoms with E-state index in [-0.39, 0.29) is 12.8 Å². The van der Waals surface area contributed by atoms with E-state index in [1.165, 1.54) is 5.56 Å². The molecule has 0 aliphatic carbocycles. The highest BCUT2D eigenvalue weighted by Gasteiger charge is 2.13. The lowest BCUT2D eigenvalue weighted by Gasteiger charge is -2.11. The topological polar surface area (TPSA) is 68.8 Å². The van der Waals surface area contributed by atoms with Crippen LogP contribution in [0.25, 0.3) is 0 Å². The number of rotatable bonds is 7. The van der Waals surface area contributed by atoms with Crippen LogP contribution in [0.15, 0.2) is 36.4 Å². The Bertz CT molecular complexity index is 776. The standard InChI is InChI=1S/C20H24N2O4/c1-14-3-5-17(24-2)16(11-14)8-10-22-20(23)21-9-7-15-4-6-18-19(12-15)26-13-25-18/h3-6,11-12H,7-10,13H2,1-2H3,(H2,21,22,23). The maximum Gasteiger partial charge on any atom is 0.314 e. The van der Waals surface area contributed by atoms with Gasteiger partial charge in [-0.25, -0.2) is 4.79 Å². The number of benzene rings is 2. The monoisotopic (exact) mass is 356 g/mol. The summed E-state index contributed by atoms with van der Waals surface area (Å²) in [7, 11) is 1.66. The molecule has 1 aliphatic heterocycles. The summed E-state index contributed by atoms with van der Waals surface area (Å²) < 4.78 is 16.0. The average molecular weight is 356 g/mol. The maximum absolute atomic E-state index is 11.9. The van der Waals surface area contributed by atoms with Crippen molar-refractivity contribution < 1.29 is 19.0 Å². The highest BCUT2D eigenvalue weighted by molar-refractivity contribution is 5.73. The second-order valence-corrected chi connectivity index (χ2v) is 6.19. The van der Waals surface area contributed by atoms with E-state index in [2.05, 4.69) is 16.7 Å². The average Bonchev–Trinajstić information content (AvgIpc) is 3.10. The molecule has 0 unspecified atom stereocenters. The molecule has 2 aromatic rings. The lowest BCUT2D eigenvalue weighted by Crippen LogP contribution is -2.37. The molecule has 0 saturated carbocycles. The minimum Gasteiger partial charge on any atom is -0.496 e. The number of carbonyl (C=O) groups is 1. The van der Waals surface area contributed by atoms with Gasteiger partial charge in [0.05, 0.1) is 7.11 Å².